The van der Waals surface area contributed by atoms with E-state index in [1.54, 1.807) is 26.0 Å². The first kappa shape index (κ1) is 14.7. The molecule has 122 valence electrons. The molecule has 0 atom stereocenters. The third-order valence-electron chi connectivity index (χ3n) is 4.63. The number of aliphatic hydroxyl groups excluding tert-OH is 1. The number of hydrogen-bond acceptors (Lipinski definition) is 5. The van der Waals surface area contributed by atoms with Crippen molar-refractivity contribution in [3.63, 3.8) is 0 Å². The Morgan fingerprint density at radius 1 is 1.08 bits per heavy atom. The molecule has 1 aliphatic rings. The quantitative estimate of drug-likeness (QED) is 0.706. The van der Waals surface area contributed by atoms with Gasteiger partial charge in [-0.2, -0.15) is 0 Å². The van der Waals surface area contributed by atoms with Crippen molar-refractivity contribution in [1.29, 1.82) is 0 Å². The summed E-state index contributed by atoms with van der Waals surface area (Å²) < 4.78 is 5.88. The van der Waals surface area contributed by atoms with Crippen LogP contribution in [0, 0.1) is 13.8 Å². The van der Waals surface area contributed by atoms with Gasteiger partial charge in [-0.3, -0.25) is 14.5 Å². The molecule has 2 heterocycles. The van der Waals surface area contributed by atoms with Crippen molar-refractivity contribution in [3.05, 3.63) is 40.5 Å². The smallest absolute Gasteiger partial charge is 0.262 e. The lowest BCUT2D eigenvalue weighted by Gasteiger charge is -2.11. The van der Waals surface area contributed by atoms with Crippen molar-refractivity contribution in [3.8, 4) is 5.75 Å². The Kier molecular flexibility index (Phi) is 2.95. The Morgan fingerprint density at radius 3 is 2.42 bits per heavy atom. The number of phenols is 1. The van der Waals surface area contributed by atoms with Crippen LogP contribution in [0.4, 0.5) is 0 Å². The van der Waals surface area contributed by atoms with E-state index < -0.39 is 11.8 Å². The van der Waals surface area contributed by atoms with E-state index in [1.165, 1.54) is 6.07 Å². The molecule has 0 saturated heterocycles. The molecule has 1 aliphatic heterocycles. The number of phenolic OH excluding ortho intramolecular Hbond substituents is 1. The lowest BCUT2D eigenvalue weighted by atomic mass is 9.94. The fourth-order valence-electron chi connectivity index (χ4n) is 3.54. The second kappa shape index (κ2) is 4.82. The van der Waals surface area contributed by atoms with E-state index >= 15 is 0 Å². The number of β-amino-alcohol motifs (C(OH)–C–C–N with tert-alkyl or cyclic N) is 1. The predicted molar refractivity (Wildman–Crippen MR) is 87.3 cm³/mol. The van der Waals surface area contributed by atoms with Crippen LogP contribution in [0.25, 0.3) is 21.9 Å². The van der Waals surface area contributed by atoms with Crippen LogP contribution in [-0.2, 0) is 0 Å². The van der Waals surface area contributed by atoms with E-state index in [2.05, 4.69) is 0 Å². The molecule has 0 bridgehead atoms. The fraction of sp³-hybridized carbons (Fsp3) is 0.222. The molecule has 1 aromatic heterocycles. The molecular weight excluding hydrogens is 310 g/mol. The molecule has 2 amide bonds. The average molecular weight is 325 g/mol. The van der Waals surface area contributed by atoms with Gasteiger partial charge in [-0.1, -0.05) is 0 Å². The van der Waals surface area contributed by atoms with Crippen LogP contribution in [0.3, 0.4) is 0 Å². The van der Waals surface area contributed by atoms with Gasteiger partial charge in [0, 0.05) is 16.3 Å². The van der Waals surface area contributed by atoms with Gasteiger partial charge in [0.25, 0.3) is 11.8 Å². The van der Waals surface area contributed by atoms with Crippen molar-refractivity contribution in [2.24, 2.45) is 0 Å². The van der Waals surface area contributed by atoms with Gasteiger partial charge in [0.05, 0.1) is 24.3 Å². The molecule has 3 aromatic rings. The van der Waals surface area contributed by atoms with E-state index in [0.717, 1.165) is 10.3 Å². The number of aromatic hydroxyl groups is 1. The zero-order valence-corrected chi connectivity index (χ0v) is 13.2. The van der Waals surface area contributed by atoms with Crippen LogP contribution >= 0.6 is 0 Å². The molecule has 0 aliphatic carbocycles. The summed E-state index contributed by atoms with van der Waals surface area (Å²) >= 11 is 0. The van der Waals surface area contributed by atoms with E-state index in [-0.39, 0.29) is 18.9 Å². The number of fused-ring (bicyclic) bond motifs is 4. The van der Waals surface area contributed by atoms with Crippen LogP contribution in [-0.4, -0.2) is 40.1 Å². The summed E-state index contributed by atoms with van der Waals surface area (Å²) in [5, 5.41) is 20.3. The monoisotopic (exact) mass is 325 g/mol. The highest BCUT2D eigenvalue weighted by Crippen LogP contribution is 2.41. The van der Waals surface area contributed by atoms with E-state index in [1.807, 2.05) is 0 Å². The third kappa shape index (κ3) is 1.68. The largest absolute Gasteiger partial charge is 0.508 e. The molecular formula is C18H15NO5. The van der Waals surface area contributed by atoms with Crippen molar-refractivity contribution in [1.82, 2.24) is 4.90 Å². The van der Waals surface area contributed by atoms with Gasteiger partial charge in [-0.25, -0.2) is 0 Å². The summed E-state index contributed by atoms with van der Waals surface area (Å²) in [5.74, 6) is -0.706. The summed E-state index contributed by atoms with van der Waals surface area (Å²) in [6, 6.07) is 4.78. The topological polar surface area (TPSA) is 91.0 Å². The Labute approximate surface area is 136 Å². The normalized spacial score (nSPS) is 14.2. The van der Waals surface area contributed by atoms with Crippen molar-refractivity contribution in [2.45, 2.75) is 13.8 Å². The van der Waals surface area contributed by atoms with Crippen LogP contribution in [0.15, 0.2) is 22.6 Å². The molecule has 4 rings (SSSR count). The highest BCUT2D eigenvalue weighted by atomic mass is 16.3. The molecule has 0 radical (unpaired) electrons. The zero-order valence-electron chi connectivity index (χ0n) is 13.2. The first-order valence-corrected chi connectivity index (χ1v) is 7.61. The minimum absolute atomic E-state index is 0.0336. The Bertz CT molecular complexity index is 1050. The van der Waals surface area contributed by atoms with E-state index in [4.69, 9.17) is 9.52 Å². The maximum atomic E-state index is 12.7. The second-order valence-electron chi connectivity index (χ2n) is 5.97. The van der Waals surface area contributed by atoms with Crippen LogP contribution < -0.4 is 0 Å². The Hall–Kier alpha value is -2.86. The summed E-state index contributed by atoms with van der Waals surface area (Å²) in [4.78, 5) is 26.3. The summed E-state index contributed by atoms with van der Waals surface area (Å²) in [6.07, 6.45) is 0. The number of nitrogens with zero attached hydrogens (tertiary/aromatic N) is 1. The highest BCUT2D eigenvalue weighted by molar-refractivity contribution is 6.26. The van der Waals surface area contributed by atoms with Gasteiger partial charge in [-0.15, -0.1) is 0 Å². The van der Waals surface area contributed by atoms with Crippen LogP contribution in [0.5, 0.6) is 5.75 Å². The standard InChI is InChI=1S/C18H15NO5/c1-8-13-11-7-10(21)3-4-12(11)24-16(13)9(2)15-14(8)17(22)19(5-6-20)18(15)23/h3-4,7,20-21H,5-6H2,1-2H3. The van der Waals surface area contributed by atoms with Crippen molar-refractivity contribution >= 4 is 33.8 Å². The maximum Gasteiger partial charge on any atom is 0.262 e. The maximum absolute atomic E-state index is 12.7. The highest BCUT2D eigenvalue weighted by Gasteiger charge is 2.39. The number of imide groups is 1. The molecule has 2 aromatic carbocycles. The summed E-state index contributed by atoms with van der Waals surface area (Å²) in [5.41, 5.74) is 3.06. The number of rotatable bonds is 2. The van der Waals surface area contributed by atoms with Gasteiger partial charge < -0.3 is 14.6 Å². The van der Waals surface area contributed by atoms with E-state index in [0.29, 0.717) is 38.8 Å². The third-order valence-corrected chi connectivity index (χ3v) is 4.63. The summed E-state index contributed by atoms with van der Waals surface area (Å²) in [6.45, 7) is 3.20. The molecule has 6 heteroatoms. The molecule has 24 heavy (non-hydrogen) atoms. The number of benzene rings is 2. The zero-order chi connectivity index (χ0) is 17.2. The molecule has 6 nitrogen and oxygen atoms in total. The molecule has 0 saturated carbocycles. The first-order chi connectivity index (χ1) is 11.5. The molecule has 0 fully saturated rings. The first-order valence-electron chi connectivity index (χ1n) is 7.61. The molecule has 0 spiro atoms. The van der Waals surface area contributed by atoms with Crippen LogP contribution in [0.1, 0.15) is 31.8 Å². The van der Waals surface area contributed by atoms with Crippen molar-refractivity contribution < 1.29 is 24.2 Å². The SMILES string of the molecule is Cc1c2c(c(C)c3c1oc1ccc(O)cc13)C(=O)N(CCO)C2=O. The number of carbonyl (C=O) groups excluding carboxylic acids is 2. The number of hydrogen-bond donors (Lipinski definition) is 2. The lowest BCUT2D eigenvalue weighted by Crippen LogP contribution is -2.32. The number of aliphatic hydroxyl groups is 1. The second-order valence-corrected chi connectivity index (χ2v) is 5.97. The Morgan fingerprint density at radius 2 is 1.75 bits per heavy atom. The number of carbonyl (C=O) groups is 2. The summed E-state index contributed by atoms with van der Waals surface area (Å²) in [7, 11) is 0. The average Bonchev–Trinajstić information content (AvgIpc) is 3.04. The van der Waals surface area contributed by atoms with Crippen molar-refractivity contribution in [2.75, 3.05) is 13.2 Å². The number of amides is 2. The van der Waals surface area contributed by atoms with Gasteiger partial charge in [-0.05, 0) is 37.6 Å². The fourth-order valence-corrected chi connectivity index (χ4v) is 3.54. The van der Waals surface area contributed by atoms with Gasteiger partial charge in [0.15, 0.2) is 0 Å². The lowest BCUT2D eigenvalue weighted by molar-refractivity contribution is 0.0623. The van der Waals surface area contributed by atoms with Gasteiger partial charge in [0.2, 0.25) is 0 Å². The Balaban J connectivity index is 2.13. The molecule has 0 unspecified atom stereocenters. The number of aryl methyl sites for hydroxylation is 2. The number of furan rings is 1. The predicted octanol–water partition coefficient (Wildman–Crippen LogP) is 2.50. The van der Waals surface area contributed by atoms with Crippen LogP contribution in [0.2, 0.25) is 0 Å². The van der Waals surface area contributed by atoms with Gasteiger partial charge in [0.1, 0.15) is 16.9 Å². The molecule has 2 N–H and O–H groups in total. The minimum Gasteiger partial charge on any atom is -0.508 e. The van der Waals surface area contributed by atoms with Gasteiger partial charge >= 0.3 is 0 Å². The van der Waals surface area contributed by atoms with E-state index in [9.17, 15) is 14.7 Å². The minimum atomic E-state index is -0.408.